The van der Waals surface area contributed by atoms with E-state index in [4.69, 9.17) is 0 Å². The van der Waals surface area contributed by atoms with Gasteiger partial charge in [-0.25, -0.2) is 4.98 Å². The zero-order chi connectivity index (χ0) is 11.7. The molecule has 0 radical (unpaired) electrons. The molecule has 2 aromatic rings. The van der Waals surface area contributed by atoms with Gasteiger partial charge in [0.15, 0.2) is 0 Å². The third-order valence-electron chi connectivity index (χ3n) is 1.92. The third-order valence-corrected chi connectivity index (χ3v) is 4.02. The molecule has 0 spiro atoms. The predicted molar refractivity (Wildman–Crippen MR) is 64.6 cm³/mol. The molecule has 7 heteroatoms. The number of nitrogens with zero attached hydrogens (tertiary/aromatic N) is 3. The van der Waals surface area contributed by atoms with Gasteiger partial charge in [0.1, 0.15) is 14.5 Å². The van der Waals surface area contributed by atoms with Crippen LogP contribution >= 0.6 is 27.7 Å². The Morgan fingerprint density at radius 2 is 2.31 bits per heavy atom. The molecule has 0 aromatic carbocycles. The van der Waals surface area contributed by atoms with Crippen molar-refractivity contribution in [3.63, 3.8) is 0 Å². The normalized spacial score (nSPS) is 10.7. The second-order valence-corrected chi connectivity index (χ2v) is 5.00. The first-order valence-corrected chi connectivity index (χ1v) is 6.10. The number of rotatable bonds is 2. The van der Waals surface area contributed by atoms with Gasteiger partial charge in [0, 0.05) is 7.05 Å². The van der Waals surface area contributed by atoms with Gasteiger partial charge in [0.2, 0.25) is 0 Å². The van der Waals surface area contributed by atoms with Crippen LogP contribution in [-0.2, 0) is 7.05 Å². The lowest BCUT2D eigenvalue weighted by atomic mass is 10.5. The van der Waals surface area contributed by atoms with Crippen LogP contribution in [0.1, 0.15) is 5.69 Å². The fourth-order valence-electron chi connectivity index (χ4n) is 1.22. The molecule has 0 unspecified atom stereocenters. The van der Waals surface area contributed by atoms with Crippen molar-refractivity contribution in [2.24, 2.45) is 7.05 Å². The summed E-state index contributed by atoms with van der Waals surface area (Å²) in [6.07, 6.45) is 1.39. The van der Waals surface area contributed by atoms with Crippen molar-refractivity contribution in [2.75, 3.05) is 0 Å². The molecule has 0 fully saturated rings. The van der Waals surface area contributed by atoms with Crippen LogP contribution in [0.2, 0.25) is 0 Å². The molecule has 2 rings (SSSR count). The highest BCUT2D eigenvalue weighted by molar-refractivity contribution is 9.10. The van der Waals surface area contributed by atoms with E-state index >= 15 is 0 Å². The van der Waals surface area contributed by atoms with Gasteiger partial charge in [-0.3, -0.25) is 9.48 Å². The van der Waals surface area contributed by atoms with Crippen LogP contribution in [0.4, 0.5) is 0 Å². The molecular weight excluding hydrogens is 292 g/mol. The summed E-state index contributed by atoms with van der Waals surface area (Å²) in [5, 5.41) is 5.80. The molecule has 2 aromatic heterocycles. The molecular formula is C9H9BrN4OS. The van der Waals surface area contributed by atoms with Gasteiger partial charge >= 0.3 is 0 Å². The Bertz CT molecular complexity index is 577. The van der Waals surface area contributed by atoms with Gasteiger partial charge in [-0.1, -0.05) is 0 Å². The van der Waals surface area contributed by atoms with Crippen LogP contribution in [0.3, 0.4) is 0 Å². The molecule has 0 aliphatic heterocycles. The van der Waals surface area contributed by atoms with Crippen LogP contribution in [0, 0.1) is 6.92 Å². The van der Waals surface area contributed by atoms with Crippen LogP contribution < -0.4 is 5.56 Å². The quantitative estimate of drug-likeness (QED) is 0.858. The number of nitrogens with one attached hydrogen (secondary N) is 1. The van der Waals surface area contributed by atoms with Crippen LogP contribution in [0.5, 0.6) is 0 Å². The summed E-state index contributed by atoms with van der Waals surface area (Å²) in [6.45, 7) is 1.92. The molecule has 2 heterocycles. The van der Waals surface area contributed by atoms with Gasteiger partial charge in [0.25, 0.3) is 5.56 Å². The van der Waals surface area contributed by atoms with Crippen molar-refractivity contribution in [2.45, 2.75) is 17.0 Å². The highest BCUT2D eigenvalue weighted by atomic mass is 79.9. The number of halogens is 1. The molecule has 5 nitrogen and oxygen atoms in total. The van der Waals surface area contributed by atoms with Crippen molar-refractivity contribution in [3.05, 3.63) is 32.9 Å². The summed E-state index contributed by atoms with van der Waals surface area (Å²) in [5.41, 5.74) is 0.752. The summed E-state index contributed by atoms with van der Waals surface area (Å²) in [6, 6.07) is 1.94. The van der Waals surface area contributed by atoms with Crippen LogP contribution in [0.15, 0.2) is 31.7 Å². The molecule has 0 saturated carbocycles. The maximum atomic E-state index is 11.3. The SMILES string of the molecule is Cc1cc(Sc2nc[nH]c(=O)c2Br)n(C)n1. The molecule has 0 aliphatic rings. The summed E-state index contributed by atoms with van der Waals surface area (Å²) in [5.74, 6) is 0. The Hall–Kier alpha value is -1.08. The lowest BCUT2D eigenvalue weighted by Crippen LogP contribution is -2.08. The Morgan fingerprint density at radius 3 is 2.94 bits per heavy atom. The minimum atomic E-state index is -0.184. The molecule has 0 bridgehead atoms. The second kappa shape index (κ2) is 4.42. The average Bonchev–Trinajstić information content (AvgIpc) is 2.53. The van der Waals surface area contributed by atoms with E-state index < -0.39 is 0 Å². The summed E-state index contributed by atoms with van der Waals surface area (Å²) in [7, 11) is 1.86. The van der Waals surface area contributed by atoms with E-state index in [0.29, 0.717) is 9.50 Å². The first-order chi connectivity index (χ1) is 7.58. The van der Waals surface area contributed by atoms with Gasteiger partial charge in [-0.05, 0) is 40.7 Å². The second-order valence-electron chi connectivity index (χ2n) is 3.20. The molecule has 0 saturated heterocycles. The van der Waals surface area contributed by atoms with Gasteiger partial charge in [-0.15, -0.1) is 0 Å². The first-order valence-electron chi connectivity index (χ1n) is 4.49. The number of hydrogen-bond acceptors (Lipinski definition) is 4. The topological polar surface area (TPSA) is 63.6 Å². The fourth-order valence-corrected chi connectivity index (χ4v) is 2.57. The molecule has 0 aliphatic carbocycles. The van der Waals surface area contributed by atoms with E-state index in [1.54, 1.807) is 4.68 Å². The Kier molecular flexibility index (Phi) is 3.15. The minimum Gasteiger partial charge on any atom is -0.312 e. The fraction of sp³-hybridized carbons (Fsp3) is 0.222. The Morgan fingerprint density at radius 1 is 1.56 bits per heavy atom. The highest BCUT2D eigenvalue weighted by Crippen LogP contribution is 2.29. The van der Waals surface area contributed by atoms with E-state index in [0.717, 1.165) is 10.7 Å². The zero-order valence-electron chi connectivity index (χ0n) is 8.69. The van der Waals surface area contributed by atoms with Crippen LogP contribution in [0.25, 0.3) is 0 Å². The van der Waals surface area contributed by atoms with E-state index in [1.165, 1.54) is 18.1 Å². The number of H-pyrrole nitrogens is 1. The minimum absolute atomic E-state index is 0.184. The van der Waals surface area contributed by atoms with E-state index in [9.17, 15) is 4.79 Å². The van der Waals surface area contributed by atoms with Crippen LogP contribution in [-0.4, -0.2) is 19.7 Å². The monoisotopic (exact) mass is 300 g/mol. The van der Waals surface area contributed by atoms with E-state index in [1.807, 2.05) is 20.0 Å². The lowest BCUT2D eigenvalue weighted by Gasteiger charge is -2.01. The average molecular weight is 301 g/mol. The summed E-state index contributed by atoms with van der Waals surface area (Å²) < 4.78 is 2.20. The number of aryl methyl sites for hydroxylation is 2. The molecule has 16 heavy (non-hydrogen) atoms. The Balaban J connectivity index is 2.38. The number of hydrogen-bond donors (Lipinski definition) is 1. The summed E-state index contributed by atoms with van der Waals surface area (Å²) in [4.78, 5) is 17.9. The third kappa shape index (κ3) is 2.19. The molecule has 1 N–H and O–H groups in total. The smallest absolute Gasteiger partial charge is 0.266 e. The van der Waals surface area contributed by atoms with Gasteiger partial charge in [0.05, 0.1) is 12.0 Å². The molecule has 0 atom stereocenters. The van der Waals surface area contributed by atoms with Crippen molar-refractivity contribution in [1.82, 2.24) is 19.7 Å². The van der Waals surface area contributed by atoms with Crippen molar-refractivity contribution >= 4 is 27.7 Å². The number of aromatic amines is 1. The maximum Gasteiger partial charge on any atom is 0.266 e. The zero-order valence-corrected chi connectivity index (χ0v) is 11.1. The van der Waals surface area contributed by atoms with Gasteiger partial charge in [-0.2, -0.15) is 5.10 Å². The standard InChI is InChI=1S/C9H9BrN4OS/c1-5-3-6(14(2)13-5)16-9-7(10)8(15)11-4-12-9/h3-4H,1-2H3,(H,11,12,15). The maximum absolute atomic E-state index is 11.3. The van der Waals surface area contributed by atoms with Crippen molar-refractivity contribution < 1.29 is 0 Å². The van der Waals surface area contributed by atoms with E-state index in [2.05, 4.69) is 31.0 Å². The van der Waals surface area contributed by atoms with Gasteiger partial charge < -0.3 is 4.98 Å². The van der Waals surface area contributed by atoms with Crippen molar-refractivity contribution in [3.8, 4) is 0 Å². The van der Waals surface area contributed by atoms with Crippen molar-refractivity contribution in [1.29, 1.82) is 0 Å². The number of aromatic nitrogens is 4. The highest BCUT2D eigenvalue weighted by Gasteiger charge is 2.10. The molecule has 84 valence electrons. The first kappa shape index (κ1) is 11.4. The predicted octanol–water partition coefficient (Wildman–Crippen LogP) is 1.73. The van der Waals surface area contributed by atoms with E-state index in [-0.39, 0.29) is 5.56 Å². The lowest BCUT2D eigenvalue weighted by molar-refractivity contribution is 0.691. The largest absolute Gasteiger partial charge is 0.312 e. The molecule has 0 amide bonds. The Labute approximate surface area is 104 Å². The summed E-state index contributed by atoms with van der Waals surface area (Å²) >= 11 is 4.61.